The zero-order valence-corrected chi connectivity index (χ0v) is 23.0. The van der Waals surface area contributed by atoms with E-state index in [1.54, 1.807) is 0 Å². The summed E-state index contributed by atoms with van der Waals surface area (Å²) < 4.78 is 9.03. The second kappa shape index (κ2) is 7.99. The normalized spacial score (nSPS) is 13.8. The number of benzene rings is 6. The van der Waals surface area contributed by atoms with E-state index in [1.807, 2.05) is 0 Å². The molecule has 9 rings (SSSR count). The number of hydrogen-bond acceptors (Lipinski definition) is 1. The van der Waals surface area contributed by atoms with Gasteiger partial charge in [-0.15, -0.1) is 0 Å². The summed E-state index contributed by atoms with van der Waals surface area (Å²) in [5.41, 5.74) is 13.1. The van der Waals surface area contributed by atoms with Gasteiger partial charge in [0.15, 0.2) is 0 Å². The Hall–Kier alpha value is -5.08. The Morgan fingerprint density at radius 1 is 0.512 bits per heavy atom. The molecule has 0 atom stereocenters. The molecule has 1 aliphatic carbocycles. The molecule has 0 radical (unpaired) electrons. The molecule has 1 aliphatic rings. The number of aromatic nitrogens is 1. The summed E-state index contributed by atoms with van der Waals surface area (Å²) in [6.07, 6.45) is 0. The zero-order chi connectivity index (χ0) is 27.3. The number of rotatable bonds is 2. The van der Waals surface area contributed by atoms with E-state index >= 15 is 0 Å². The quantitative estimate of drug-likeness (QED) is 0.219. The van der Waals surface area contributed by atoms with Crippen LogP contribution in [0, 0.1) is 0 Å². The molecule has 2 heterocycles. The lowest BCUT2D eigenvalue weighted by molar-refractivity contribution is 0.648. The van der Waals surface area contributed by atoms with Crippen molar-refractivity contribution in [3.63, 3.8) is 0 Å². The first-order valence-corrected chi connectivity index (χ1v) is 14.3. The van der Waals surface area contributed by atoms with Crippen LogP contribution in [0.3, 0.4) is 0 Å². The Bertz CT molecular complexity index is 2280. The van der Waals surface area contributed by atoms with Crippen LogP contribution < -0.4 is 0 Å². The topological polar surface area (TPSA) is 18.1 Å². The second-order valence-electron chi connectivity index (χ2n) is 11.8. The van der Waals surface area contributed by atoms with Crippen LogP contribution in [0.1, 0.15) is 25.0 Å². The minimum Gasteiger partial charge on any atom is -0.455 e. The molecule has 0 aliphatic heterocycles. The Morgan fingerprint density at radius 2 is 1.15 bits per heavy atom. The van der Waals surface area contributed by atoms with Gasteiger partial charge in [0, 0.05) is 38.2 Å². The Balaban J connectivity index is 1.20. The van der Waals surface area contributed by atoms with Crippen LogP contribution in [-0.2, 0) is 5.41 Å². The van der Waals surface area contributed by atoms with Crippen LogP contribution in [0.4, 0.5) is 0 Å². The minimum absolute atomic E-state index is 0.0510. The molecular formula is C39H27NO. The van der Waals surface area contributed by atoms with E-state index in [2.05, 4.69) is 146 Å². The Morgan fingerprint density at radius 3 is 1.90 bits per heavy atom. The number of hydrogen-bond donors (Lipinski definition) is 0. The van der Waals surface area contributed by atoms with E-state index in [-0.39, 0.29) is 5.41 Å². The smallest absolute Gasteiger partial charge is 0.143 e. The third-order valence-electron chi connectivity index (χ3n) is 9.22. The second-order valence-corrected chi connectivity index (χ2v) is 11.8. The van der Waals surface area contributed by atoms with Crippen LogP contribution in [-0.4, -0.2) is 4.57 Å². The highest BCUT2D eigenvalue weighted by molar-refractivity contribution is 6.12. The van der Waals surface area contributed by atoms with Gasteiger partial charge in [0.2, 0.25) is 0 Å². The van der Waals surface area contributed by atoms with E-state index in [9.17, 15) is 0 Å². The molecule has 0 amide bonds. The molecule has 2 heteroatoms. The molecule has 194 valence electrons. The predicted molar refractivity (Wildman–Crippen MR) is 171 cm³/mol. The summed E-state index contributed by atoms with van der Waals surface area (Å²) in [7, 11) is 0. The van der Waals surface area contributed by atoms with Crippen molar-refractivity contribution in [1.29, 1.82) is 0 Å². The van der Waals surface area contributed by atoms with Crippen LogP contribution in [0.15, 0.2) is 132 Å². The molecule has 0 saturated heterocycles. The lowest BCUT2D eigenvalue weighted by Gasteiger charge is -2.21. The van der Waals surface area contributed by atoms with Crippen molar-refractivity contribution in [2.24, 2.45) is 0 Å². The maximum atomic E-state index is 6.67. The van der Waals surface area contributed by atoms with E-state index in [0.717, 1.165) is 33.4 Å². The van der Waals surface area contributed by atoms with Gasteiger partial charge in [0.1, 0.15) is 11.2 Å². The van der Waals surface area contributed by atoms with Gasteiger partial charge < -0.3 is 8.98 Å². The lowest BCUT2D eigenvalue weighted by Crippen LogP contribution is -2.14. The van der Waals surface area contributed by atoms with Crippen LogP contribution in [0.25, 0.3) is 71.7 Å². The average molecular weight is 526 g/mol. The number of para-hydroxylation sites is 3. The van der Waals surface area contributed by atoms with Gasteiger partial charge in [-0.1, -0.05) is 105 Å². The van der Waals surface area contributed by atoms with Crippen molar-refractivity contribution in [3.8, 4) is 27.9 Å². The van der Waals surface area contributed by atoms with Gasteiger partial charge >= 0.3 is 0 Å². The highest BCUT2D eigenvalue weighted by Gasteiger charge is 2.36. The Kier molecular flexibility index (Phi) is 4.42. The SMILES string of the molecule is CC1(C)c2ccccc2-c2cc3c(cc21)oc1c(-c2ccc(-n4c5ccccc5c5ccccc54)cc2)cccc13. The maximum Gasteiger partial charge on any atom is 0.143 e. The lowest BCUT2D eigenvalue weighted by atomic mass is 9.82. The van der Waals surface area contributed by atoms with E-state index in [1.165, 1.54) is 49.4 Å². The molecule has 8 aromatic rings. The van der Waals surface area contributed by atoms with Gasteiger partial charge in [-0.25, -0.2) is 0 Å². The van der Waals surface area contributed by atoms with Gasteiger partial charge in [0.25, 0.3) is 0 Å². The fourth-order valence-corrected chi connectivity index (χ4v) is 7.21. The summed E-state index contributed by atoms with van der Waals surface area (Å²) in [4.78, 5) is 0. The van der Waals surface area contributed by atoms with Crippen LogP contribution in [0.2, 0.25) is 0 Å². The first-order valence-electron chi connectivity index (χ1n) is 14.3. The largest absolute Gasteiger partial charge is 0.455 e. The van der Waals surface area contributed by atoms with Crippen LogP contribution >= 0.6 is 0 Å². The van der Waals surface area contributed by atoms with Crippen molar-refractivity contribution in [2.45, 2.75) is 19.3 Å². The summed E-state index contributed by atoms with van der Waals surface area (Å²) in [5, 5.41) is 4.89. The maximum absolute atomic E-state index is 6.67. The molecule has 41 heavy (non-hydrogen) atoms. The summed E-state index contributed by atoms with van der Waals surface area (Å²) in [6.45, 7) is 4.63. The molecule has 0 fully saturated rings. The van der Waals surface area contributed by atoms with Crippen molar-refractivity contribution in [2.75, 3.05) is 0 Å². The van der Waals surface area contributed by atoms with Crippen molar-refractivity contribution in [1.82, 2.24) is 4.57 Å². The molecule has 0 saturated carbocycles. The first-order chi connectivity index (χ1) is 20.1. The fourth-order valence-electron chi connectivity index (χ4n) is 7.21. The first kappa shape index (κ1) is 22.7. The third-order valence-corrected chi connectivity index (χ3v) is 9.22. The number of fused-ring (bicyclic) bond motifs is 9. The highest BCUT2D eigenvalue weighted by atomic mass is 16.3. The van der Waals surface area contributed by atoms with Gasteiger partial charge in [-0.05, 0) is 64.2 Å². The average Bonchev–Trinajstić information content (AvgIpc) is 3.62. The zero-order valence-electron chi connectivity index (χ0n) is 23.0. The van der Waals surface area contributed by atoms with Gasteiger partial charge in [-0.2, -0.15) is 0 Å². The highest BCUT2D eigenvalue weighted by Crippen LogP contribution is 2.51. The van der Waals surface area contributed by atoms with Crippen LogP contribution in [0.5, 0.6) is 0 Å². The van der Waals surface area contributed by atoms with E-state index in [0.29, 0.717) is 0 Å². The van der Waals surface area contributed by atoms with Crippen molar-refractivity contribution < 1.29 is 4.42 Å². The van der Waals surface area contributed by atoms with E-state index in [4.69, 9.17) is 4.42 Å². The monoisotopic (exact) mass is 525 g/mol. The third kappa shape index (κ3) is 3.02. The van der Waals surface area contributed by atoms with E-state index < -0.39 is 0 Å². The fraction of sp³-hybridized carbons (Fsp3) is 0.0769. The standard InChI is InChI=1S/C39H27NO/c1-39(2)33-15-6-3-10-27(33)31-22-32-30-14-9-13-26(38(30)41-37(32)23-34(31)39)24-18-20-25(21-19-24)40-35-16-7-4-11-28(35)29-12-5-8-17-36(29)40/h3-23H,1-2H3. The van der Waals surface area contributed by atoms with Crippen molar-refractivity contribution >= 4 is 43.7 Å². The molecular weight excluding hydrogens is 498 g/mol. The molecule has 2 nitrogen and oxygen atoms in total. The summed E-state index contributed by atoms with van der Waals surface area (Å²) >= 11 is 0. The minimum atomic E-state index is -0.0510. The summed E-state index contributed by atoms with van der Waals surface area (Å²) in [6, 6.07) is 46.1. The molecule has 0 N–H and O–H groups in total. The molecule has 0 spiro atoms. The number of nitrogens with zero attached hydrogens (tertiary/aromatic N) is 1. The van der Waals surface area contributed by atoms with Gasteiger partial charge in [0.05, 0.1) is 11.0 Å². The Labute approximate surface area is 238 Å². The molecule has 0 bridgehead atoms. The molecule has 0 unspecified atom stereocenters. The van der Waals surface area contributed by atoms with Crippen molar-refractivity contribution in [3.05, 3.63) is 139 Å². The molecule has 6 aromatic carbocycles. The van der Waals surface area contributed by atoms with Gasteiger partial charge in [-0.3, -0.25) is 0 Å². The summed E-state index contributed by atoms with van der Waals surface area (Å²) in [5.74, 6) is 0. The molecule has 2 aromatic heterocycles. The predicted octanol–water partition coefficient (Wildman–Crippen LogP) is 10.7. The number of furan rings is 1.